The van der Waals surface area contributed by atoms with Gasteiger partial charge in [0.05, 0.1) is 0 Å². The van der Waals surface area contributed by atoms with Gasteiger partial charge in [-0.15, -0.1) is 0 Å². The first kappa shape index (κ1) is 17.4. The first-order chi connectivity index (χ1) is 10.2. The van der Waals surface area contributed by atoms with Crippen LogP contribution in [0.5, 0.6) is 0 Å². The smallest absolute Gasteiger partial charge is 0.251 e. The van der Waals surface area contributed by atoms with E-state index in [4.69, 9.17) is 10.5 Å². The van der Waals surface area contributed by atoms with Crippen molar-refractivity contribution in [1.29, 1.82) is 0 Å². The van der Waals surface area contributed by atoms with Crippen molar-refractivity contribution < 1.29 is 9.53 Å². The van der Waals surface area contributed by atoms with Gasteiger partial charge in [0.2, 0.25) is 0 Å². The summed E-state index contributed by atoms with van der Waals surface area (Å²) in [5.74, 6) is 0.295. The van der Waals surface area contributed by atoms with Crippen LogP contribution < -0.4 is 11.1 Å². The first-order valence-corrected chi connectivity index (χ1v) is 7.79. The lowest BCUT2D eigenvalue weighted by molar-refractivity contribution is 0.0940. The predicted octanol–water partition coefficient (Wildman–Crippen LogP) is 2.55. The molecule has 0 saturated heterocycles. The second-order valence-electron chi connectivity index (χ2n) is 5.10. The summed E-state index contributed by atoms with van der Waals surface area (Å²) in [6, 6.07) is 3.43. The number of carbonyl (C=O) groups is 1. The van der Waals surface area contributed by atoms with Crippen molar-refractivity contribution in [2.75, 3.05) is 25.5 Å². The molecule has 0 spiro atoms. The van der Waals surface area contributed by atoms with Crippen LogP contribution in [-0.4, -0.2) is 30.6 Å². The summed E-state index contributed by atoms with van der Waals surface area (Å²) in [5.41, 5.74) is 7.19. The summed E-state index contributed by atoms with van der Waals surface area (Å²) in [4.78, 5) is 16.3. The van der Waals surface area contributed by atoms with Gasteiger partial charge in [-0.05, 0) is 31.4 Å². The maximum atomic E-state index is 12.1. The Morgan fingerprint density at radius 2 is 2.00 bits per heavy atom. The zero-order valence-electron chi connectivity index (χ0n) is 13.2. The quantitative estimate of drug-likeness (QED) is 0.650. The van der Waals surface area contributed by atoms with Gasteiger partial charge < -0.3 is 15.8 Å². The van der Waals surface area contributed by atoms with E-state index in [1.165, 1.54) is 0 Å². The van der Waals surface area contributed by atoms with E-state index in [1.54, 1.807) is 6.07 Å². The molecule has 21 heavy (non-hydrogen) atoms. The standard InChI is InChI=1S/C16H27N3O2/c1-3-5-9-21-10-6-8-18-16(20)13-11-14(7-4-2)19-15(17)12-13/h11-12H,3-10H2,1-2H3,(H2,17,19)(H,18,20). The lowest BCUT2D eigenvalue weighted by Gasteiger charge is -2.08. The first-order valence-electron chi connectivity index (χ1n) is 7.79. The van der Waals surface area contributed by atoms with Gasteiger partial charge in [-0.1, -0.05) is 26.7 Å². The summed E-state index contributed by atoms with van der Waals surface area (Å²) in [7, 11) is 0. The molecule has 0 aromatic carbocycles. The van der Waals surface area contributed by atoms with Gasteiger partial charge >= 0.3 is 0 Å². The summed E-state index contributed by atoms with van der Waals surface area (Å²) >= 11 is 0. The van der Waals surface area contributed by atoms with Crippen LogP contribution in [0.4, 0.5) is 5.82 Å². The molecular weight excluding hydrogens is 266 g/mol. The van der Waals surface area contributed by atoms with E-state index in [0.29, 0.717) is 24.5 Å². The Balaban J connectivity index is 2.34. The molecule has 118 valence electrons. The fourth-order valence-electron chi connectivity index (χ4n) is 1.95. The minimum atomic E-state index is -0.102. The molecule has 5 heteroatoms. The molecule has 0 aliphatic heterocycles. The van der Waals surface area contributed by atoms with Crippen molar-refractivity contribution >= 4 is 11.7 Å². The van der Waals surface area contributed by atoms with Crippen LogP contribution in [0.1, 0.15) is 55.6 Å². The number of ether oxygens (including phenoxy) is 1. The van der Waals surface area contributed by atoms with Crippen molar-refractivity contribution in [1.82, 2.24) is 10.3 Å². The number of aromatic nitrogens is 1. The number of carbonyl (C=O) groups excluding carboxylic acids is 1. The second kappa shape index (κ2) is 10.2. The maximum absolute atomic E-state index is 12.1. The number of nitrogens with zero attached hydrogens (tertiary/aromatic N) is 1. The van der Waals surface area contributed by atoms with Gasteiger partial charge in [0.15, 0.2) is 0 Å². The summed E-state index contributed by atoms with van der Waals surface area (Å²) in [5, 5.41) is 2.88. The molecular formula is C16H27N3O2. The Kier molecular flexibility index (Phi) is 8.43. The minimum Gasteiger partial charge on any atom is -0.384 e. The Hall–Kier alpha value is -1.62. The zero-order valence-corrected chi connectivity index (χ0v) is 13.2. The van der Waals surface area contributed by atoms with E-state index in [0.717, 1.165) is 44.4 Å². The van der Waals surface area contributed by atoms with Crippen LogP contribution in [0.2, 0.25) is 0 Å². The number of anilines is 1. The summed E-state index contributed by atoms with van der Waals surface area (Å²) in [6.07, 6.45) is 4.85. The fraction of sp³-hybridized carbons (Fsp3) is 0.625. The lowest BCUT2D eigenvalue weighted by Crippen LogP contribution is -2.25. The molecule has 0 radical (unpaired) electrons. The Morgan fingerprint density at radius 3 is 2.71 bits per heavy atom. The van der Waals surface area contributed by atoms with Gasteiger partial charge in [-0.3, -0.25) is 4.79 Å². The normalized spacial score (nSPS) is 10.6. The van der Waals surface area contributed by atoms with Gasteiger partial charge in [-0.2, -0.15) is 0 Å². The third-order valence-corrected chi connectivity index (χ3v) is 3.06. The van der Waals surface area contributed by atoms with Gasteiger partial charge in [0.25, 0.3) is 5.91 Å². The molecule has 1 amide bonds. The summed E-state index contributed by atoms with van der Waals surface area (Å²) in [6.45, 7) is 6.29. The van der Waals surface area contributed by atoms with E-state index >= 15 is 0 Å². The van der Waals surface area contributed by atoms with Crippen LogP contribution in [0.3, 0.4) is 0 Å². The molecule has 0 saturated carbocycles. The molecule has 0 bridgehead atoms. The molecule has 0 atom stereocenters. The number of unbranched alkanes of at least 4 members (excludes halogenated alkanes) is 1. The molecule has 0 aliphatic carbocycles. The molecule has 0 fully saturated rings. The summed E-state index contributed by atoms with van der Waals surface area (Å²) < 4.78 is 5.45. The monoisotopic (exact) mass is 293 g/mol. The largest absolute Gasteiger partial charge is 0.384 e. The SMILES string of the molecule is CCCCOCCCNC(=O)c1cc(N)nc(CCC)c1. The molecule has 0 unspecified atom stereocenters. The minimum absolute atomic E-state index is 0.102. The molecule has 1 aromatic rings. The highest BCUT2D eigenvalue weighted by molar-refractivity contribution is 5.94. The van der Waals surface area contributed by atoms with Gasteiger partial charge in [-0.25, -0.2) is 4.98 Å². The number of hydrogen-bond donors (Lipinski definition) is 2. The number of nitrogens with one attached hydrogen (secondary N) is 1. The van der Waals surface area contributed by atoms with Crippen LogP contribution in [0.25, 0.3) is 0 Å². The average molecular weight is 293 g/mol. The van der Waals surface area contributed by atoms with Crippen LogP contribution in [0.15, 0.2) is 12.1 Å². The number of aryl methyl sites for hydroxylation is 1. The number of pyridine rings is 1. The zero-order chi connectivity index (χ0) is 15.5. The van der Waals surface area contributed by atoms with E-state index in [-0.39, 0.29) is 5.91 Å². The topological polar surface area (TPSA) is 77.2 Å². The molecule has 5 nitrogen and oxygen atoms in total. The highest BCUT2D eigenvalue weighted by Gasteiger charge is 2.08. The van der Waals surface area contributed by atoms with Crippen molar-refractivity contribution in [3.05, 3.63) is 23.4 Å². The van der Waals surface area contributed by atoms with E-state index in [9.17, 15) is 4.79 Å². The predicted molar refractivity (Wildman–Crippen MR) is 85.3 cm³/mol. The van der Waals surface area contributed by atoms with E-state index in [2.05, 4.69) is 24.1 Å². The van der Waals surface area contributed by atoms with Crippen LogP contribution >= 0.6 is 0 Å². The molecule has 1 heterocycles. The highest BCUT2D eigenvalue weighted by atomic mass is 16.5. The second-order valence-corrected chi connectivity index (χ2v) is 5.10. The Bertz CT molecular complexity index is 436. The third kappa shape index (κ3) is 7.09. The van der Waals surface area contributed by atoms with Crippen molar-refractivity contribution in [2.24, 2.45) is 0 Å². The molecule has 3 N–H and O–H groups in total. The fourth-order valence-corrected chi connectivity index (χ4v) is 1.95. The maximum Gasteiger partial charge on any atom is 0.251 e. The third-order valence-electron chi connectivity index (χ3n) is 3.06. The number of amides is 1. The molecule has 1 rings (SSSR count). The Morgan fingerprint density at radius 1 is 1.24 bits per heavy atom. The molecule has 1 aromatic heterocycles. The highest BCUT2D eigenvalue weighted by Crippen LogP contribution is 2.09. The number of nitrogens with two attached hydrogens (primary N) is 1. The van der Waals surface area contributed by atoms with Crippen molar-refractivity contribution in [3.8, 4) is 0 Å². The Labute approximate surface area is 127 Å². The van der Waals surface area contributed by atoms with Gasteiger partial charge in [0.1, 0.15) is 5.82 Å². The van der Waals surface area contributed by atoms with E-state index in [1.807, 2.05) is 6.07 Å². The van der Waals surface area contributed by atoms with Crippen molar-refractivity contribution in [2.45, 2.75) is 46.0 Å². The van der Waals surface area contributed by atoms with Crippen LogP contribution in [0, 0.1) is 0 Å². The molecule has 0 aliphatic rings. The van der Waals surface area contributed by atoms with Crippen LogP contribution in [-0.2, 0) is 11.2 Å². The van der Waals surface area contributed by atoms with Crippen molar-refractivity contribution in [3.63, 3.8) is 0 Å². The lowest BCUT2D eigenvalue weighted by atomic mass is 10.1. The number of hydrogen-bond acceptors (Lipinski definition) is 4. The van der Waals surface area contributed by atoms with Gasteiger partial charge in [0, 0.05) is 31.0 Å². The average Bonchev–Trinajstić information content (AvgIpc) is 2.46. The van der Waals surface area contributed by atoms with E-state index < -0.39 is 0 Å². The number of rotatable bonds is 10. The number of nitrogen functional groups attached to an aromatic ring is 1.